The van der Waals surface area contributed by atoms with E-state index < -0.39 is 0 Å². The molecule has 2 rings (SSSR count). The molecule has 0 amide bonds. The molecule has 0 aliphatic carbocycles. The van der Waals surface area contributed by atoms with E-state index >= 15 is 0 Å². The van der Waals surface area contributed by atoms with Gasteiger partial charge < -0.3 is 19.5 Å². The van der Waals surface area contributed by atoms with E-state index in [1.54, 1.807) is 12.2 Å². The van der Waals surface area contributed by atoms with Crippen molar-refractivity contribution in [2.45, 2.75) is 167 Å². The Morgan fingerprint density at radius 1 is 0.649 bits per heavy atom. The van der Waals surface area contributed by atoms with Crippen molar-refractivity contribution in [3.05, 3.63) is 0 Å². The van der Waals surface area contributed by atoms with Crippen LogP contribution in [0.5, 0.6) is 0 Å². The van der Waals surface area contributed by atoms with Gasteiger partial charge in [-0.05, 0) is 68.2 Å². The van der Waals surface area contributed by atoms with Gasteiger partial charge in [0.1, 0.15) is 12.2 Å². The first-order valence-corrected chi connectivity index (χ1v) is 14.3. The Labute approximate surface area is 225 Å². The second-order valence-electron chi connectivity index (χ2n) is 13.7. The summed E-state index contributed by atoms with van der Waals surface area (Å²) < 4.78 is 11.6. The summed E-state index contributed by atoms with van der Waals surface area (Å²) >= 11 is 0. The Bertz CT molecular complexity index is 727. The quantitative estimate of drug-likeness (QED) is 0.190. The second-order valence-corrected chi connectivity index (χ2v) is 13.7. The average molecular weight is 528 g/mol. The number of esters is 2. The van der Waals surface area contributed by atoms with Gasteiger partial charge in [0, 0.05) is 49.6 Å². The van der Waals surface area contributed by atoms with E-state index in [-0.39, 0.29) is 46.3 Å². The molecule has 216 valence electrons. The molecule has 0 unspecified atom stereocenters. The molecule has 0 aromatic heterocycles. The van der Waals surface area contributed by atoms with Gasteiger partial charge in [-0.25, -0.2) is 0 Å². The van der Waals surface area contributed by atoms with Crippen LogP contribution in [0.25, 0.3) is 0 Å². The fourth-order valence-corrected chi connectivity index (χ4v) is 6.76. The highest BCUT2D eigenvalue weighted by Gasteiger charge is 2.50. The summed E-state index contributed by atoms with van der Waals surface area (Å²) in [7, 11) is 1.70. The summed E-state index contributed by atoms with van der Waals surface area (Å²) in [6.07, 6.45) is 9.37. The van der Waals surface area contributed by atoms with Crippen LogP contribution >= 0.6 is 0 Å². The van der Waals surface area contributed by atoms with Gasteiger partial charge in [0.25, 0.3) is 0 Å². The first-order valence-electron chi connectivity index (χ1n) is 14.3. The van der Waals surface area contributed by atoms with Gasteiger partial charge in [0.15, 0.2) is 0 Å². The zero-order chi connectivity index (χ0) is 28.1. The lowest BCUT2D eigenvalue weighted by molar-refractivity contribution is -0.278. The molecule has 0 spiro atoms. The van der Waals surface area contributed by atoms with Crippen LogP contribution in [-0.4, -0.2) is 68.7 Å². The summed E-state index contributed by atoms with van der Waals surface area (Å²) in [5.41, 5.74) is -1.01. The van der Waals surface area contributed by atoms with E-state index in [9.17, 15) is 9.59 Å². The van der Waals surface area contributed by atoms with Gasteiger partial charge in [0.05, 0.1) is 18.2 Å². The summed E-state index contributed by atoms with van der Waals surface area (Å²) in [6, 6.07) is 0. The van der Waals surface area contributed by atoms with Crippen LogP contribution in [0.3, 0.4) is 0 Å². The predicted molar refractivity (Wildman–Crippen MR) is 146 cm³/mol. The highest BCUT2D eigenvalue weighted by molar-refractivity contribution is 5.69. The summed E-state index contributed by atoms with van der Waals surface area (Å²) in [5.74, 6) is -0.228. The highest BCUT2D eigenvalue weighted by Crippen LogP contribution is 2.40. The average Bonchev–Trinajstić information content (AvgIpc) is 2.71. The molecule has 0 aromatic rings. The van der Waals surface area contributed by atoms with Gasteiger partial charge in [-0.2, -0.15) is 5.06 Å². The number of hydrogen-bond donors (Lipinski definition) is 0. The largest absolute Gasteiger partial charge is 0.462 e. The third kappa shape index (κ3) is 9.19. The lowest BCUT2D eigenvalue weighted by Gasteiger charge is -2.52. The summed E-state index contributed by atoms with van der Waals surface area (Å²) in [4.78, 5) is 30.4. The van der Waals surface area contributed by atoms with E-state index in [1.807, 2.05) is 32.8 Å². The molecule has 2 aliphatic heterocycles. The molecule has 0 radical (unpaired) electrons. The lowest BCUT2D eigenvalue weighted by atomic mass is 9.80. The predicted octanol–water partition coefficient (Wildman–Crippen LogP) is 5.44. The van der Waals surface area contributed by atoms with Gasteiger partial charge >= 0.3 is 11.9 Å². The van der Waals surface area contributed by atoms with Crippen LogP contribution in [-0.2, 0) is 23.9 Å². The monoisotopic (exact) mass is 527 g/mol. The van der Waals surface area contributed by atoms with Crippen molar-refractivity contribution in [2.24, 2.45) is 0 Å². The SMILES string of the molecule is CON1C(C)(C)CC(OC(=O)CCCCCCCCC(=O)OC2CC(C)(C)N([OH2+])C(C)(C)C2)CC1(C)C. The van der Waals surface area contributed by atoms with Crippen LogP contribution in [0.1, 0.15) is 132 Å². The van der Waals surface area contributed by atoms with Gasteiger partial charge in [0.2, 0.25) is 0 Å². The van der Waals surface area contributed by atoms with Crippen molar-refractivity contribution < 1.29 is 29.1 Å². The molecule has 2 saturated heterocycles. The van der Waals surface area contributed by atoms with Crippen LogP contribution in [0.2, 0.25) is 0 Å². The van der Waals surface area contributed by atoms with E-state index in [0.29, 0.717) is 25.7 Å². The molecule has 8 nitrogen and oxygen atoms in total. The minimum absolute atomic E-state index is 0.0830. The van der Waals surface area contributed by atoms with Crippen molar-refractivity contribution in [3.8, 4) is 0 Å². The molecule has 37 heavy (non-hydrogen) atoms. The van der Waals surface area contributed by atoms with E-state index in [2.05, 4.69) is 27.7 Å². The van der Waals surface area contributed by atoms with Gasteiger partial charge in [-0.3, -0.25) is 9.59 Å². The van der Waals surface area contributed by atoms with E-state index in [0.717, 1.165) is 51.4 Å². The van der Waals surface area contributed by atoms with Crippen LogP contribution in [0.15, 0.2) is 0 Å². The van der Waals surface area contributed by atoms with E-state index in [1.165, 1.54) is 0 Å². The minimum Gasteiger partial charge on any atom is -0.462 e. The fraction of sp³-hybridized carbons (Fsp3) is 0.931. The second kappa shape index (κ2) is 12.8. The summed E-state index contributed by atoms with van der Waals surface area (Å²) in [5, 5.41) is 12.0. The summed E-state index contributed by atoms with van der Waals surface area (Å²) in [6.45, 7) is 16.6. The van der Waals surface area contributed by atoms with Crippen LogP contribution in [0, 0.1) is 0 Å². The molecule has 2 fully saturated rings. The van der Waals surface area contributed by atoms with Crippen molar-refractivity contribution in [1.29, 1.82) is 0 Å². The Morgan fingerprint density at radius 2 is 0.973 bits per heavy atom. The number of unbranched alkanes of at least 4 members (excludes halogenated alkanes) is 5. The van der Waals surface area contributed by atoms with Crippen LogP contribution < -0.4 is 0 Å². The van der Waals surface area contributed by atoms with Gasteiger partial charge in [-0.1, -0.05) is 30.7 Å². The number of piperidine rings is 2. The molecule has 0 atom stereocenters. The fourth-order valence-electron chi connectivity index (χ4n) is 6.76. The number of carbonyl (C=O) groups is 2. The number of hydroxylamine groups is 4. The van der Waals surface area contributed by atoms with Crippen molar-refractivity contribution in [1.82, 2.24) is 10.1 Å². The molecule has 0 aromatic carbocycles. The van der Waals surface area contributed by atoms with Gasteiger partial charge in [-0.15, -0.1) is 0 Å². The Morgan fingerprint density at radius 3 is 1.32 bits per heavy atom. The molecule has 0 saturated carbocycles. The first-order chi connectivity index (χ1) is 17.0. The molecule has 2 N–H and O–H groups in total. The Balaban J connectivity index is 1.56. The maximum atomic E-state index is 12.4. The molecule has 0 bridgehead atoms. The van der Waals surface area contributed by atoms with Crippen molar-refractivity contribution >= 4 is 11.9 Å². The first kappa shape index (κ1) is 32.0. The normalized spacial score (nSPS) is 24.1. The van der Waals surface area contributed by atoms with Crippen molar-refractivity contribution in [2.75, 3.05) is 7.11 Å². The Kier molecular flexibility index (Phi) is 11.0. The minimum atomic E-state index is -0.312. The number of ether oxygens (including phenoxy) is 2. The number of hydrogen-bond acceptors (Lipinski definition) is 7. The van der Waals surface area contributed by atoms with Crippen LogP contribution in [0.4, 0.5) is 0 Å². The smallest absolute Gasteiger partial charge is 0.306 e. The molecule has 2 aliphatic rings. The third-order valence-electron chi connectivity index (χ3n) is 8.01. The van der Waals surface area contributed by atoms with E-state index in [4.69, 9.17) is 19.5 Å². The lowest BCUT2D eigenvalue weighted by Crippen LogP contribution is -2.61. The zero-order valence-corrected chi connectivity index (χ0v) is 25.1. The highest BCUT2D eigenvalue weighted by atomic mass is 16.7. The Hall–Kier alpha value is -1.22. The molecular weight excluding hydrogens is 472 g/mol. The maximum absolute atomic E-state index is 12.4. The third-order valence-corrected chi connectivity index (χ3v) is 8.01. The number of carbonyl (C=O) groups excluding carboxylic acids is 2. The maximum Gasteiger partial charge on any atom is 0.306 e. The zero-order valence-electron chi connectivity index (χ0n) is 25.1. The number of nitrogens with zero attached hydrogens (tertiary/aromatic N) is 2. The molecular formula is C29H55N2O6+. The number of rotatable bonds is 12. The van der Waals surface area contributed by atoms with Crippen molar-refractivity contribution in [3.63, 3.8) is 0 Å². The molecule has 8 heteroatoms. The topological polar surface area (TPSA) is 91.2 Å². The molecule has 2 heterocycles. The standard InChI is InChI=1S/C29H54N2O6/c1-26(2)18-22(19-27(3,4)30(26)34)36-24(32)16-14-12-10-11-13-15-17-25(33)37-23-20-28(5,6)31(35-9)29(7,8)21-23/h22-23,34H,10-21H2,1-9H3/p+1.